The molecule has 0 aromatic rings. The average Bonchev–Trinajstić information content (AvgIpc) is 1.88. The first-order valence-electron chi connectivity index (χ1n) is 2.85. The summed E-state index contributed by atoms with van der Waals surface area (Å²) < 4.78 is 37.7. The third kappa shape index (κ3) is 1.65. The van der Waals surface area contributed by atoms with Crippen LogP contribution in [0.25, 0.3) is 0 Å². The Morgan fingerprint density at radius 3 is 2.70 bits per heavy atom. The van der Waals surface area contributed by atoms with E-state index < -0.39 is 16.1 Å². The van der Waals surface area contributed by atoms with Crippen molar-refractivity contribution in [3.8, 4) is 0 Å². The number of halogens is 1. The zero-order chi connectivity index (χ0) is 7.56. The lowest BCUT2D eigenvalue weighted by Gasteiger charge is -2.23. The van der Waals surface area contributed by atoms with E-state index in [1.54, 1.807) is 0 Å². The van der Waals surface area contributed by atoms with Crippen molar-refractivity contribution in [1.29, 1.82) is 0 Å². The summed E-state index contributed by atoms with van der Waals surface area (Å²) in [6.45, 7) is 0.235. The maximum Gasteiger partial charge on any atom is 0.162 e. The Bertz CT molecular complexity index is 175. The van der Waals surface area contributed by atoms with Gasteiger partial charge in [0.15, 0.2) is 16.1 Å². The van der Waals surface area contributed by atoms with Crippen LogP contribution in [0.4, 0.5) is 4.48 Å². The minimum atomic E-state index is -2.73. The minimum absolute atomic E-state index is 0.0357. The van der Waals surface area contributed by atoms with Crippen LogP contribution in [0.5, 0.6) is 0 Å². The molecule has 0 N–H and O–H groups in total. The Morgan fingerprint density at radius 2 is 2.30 bits per heavy atom. The van der Waals surface area contributed by atoms with Crippen molar-refractivity contribution < 1.29 is 17.6 Å². The summed E-state index contributed by atoms with van der Waals surface area (Å²) in [6, 6.07) is 0. The van der Waals surface area contributed by atoms with Crippen molar-refractivity contribution in [2.45, 2.75) is 5.37 Å². The highest BCUT2D eigenvalue weighted by Crippen LogP contribution is 2.06. The van der Waals surface area contributed by atoms with E-state index in [2.05, 4.69) is 0 Å². The third-order valence-electron chi connectivity index (χ3n) is 1.28. The first-order chi connectivity index (χ1) is 4.72. The van der Waals surface area contributed by atoms with Gasteiger partial charge in [-0.25, -0.2) is 8.42 Å². The van der Waals surface area contributed by atoms with Gasteiger partial charge in [-0.1, -0.05) is 0 Å². The molecule has 1 aliphatic heterocycles. The van der Waals surface area contributed by atoms with Gasteiger partial charge in [0.25, 0.3) is 0 Å². The highest BCUT2D eigenvalue weighted by Gasteiger charge is 2.24. The third-order valence-corrected chi connectivity index (χ3v) is 2.17. The van der Waals surface area contributed by atoms with Crippen molar-refractivity contribution in [2.24, 2.45) is 0 Å². The minimum Gasteiger partial charge on any atom is -0.377 e. The molecule has 0 saturated carbocycles. The van der Waals surface area contributed by atoms with Crippen molar-refractivity contribution in [3.63, 3.8) is 0 Å². The summed E-state index contributed by atoms with van der Waals surface area (Å²) >= 11 is 0. The molecular formula is C4H8FNO3S. The number of thiol groups is 1. The molecule has 0 radical (unpaired) electrons. The molecule has 1 saturated heterocycles. The lowest BCUT2D eigenvalue weighted by molar-refractivity contribution is -0.0812. The second kappa shape index (κ2) is 3.27. The van der Waals surface area contributed by atoms with Crippen molar-refractivity contribution in [2.75, 3.05) is 19.8 Å². The highest BCUT2D eigenvalue weighted by atomic mass is 32.2. The van der Waals surface area contributed by atoms with E-state index >= 15 is 0 Å². The average molecular weight is 169 g/mol. The number of morpholine rings is 1. The van der Waals surface area contributed by atoms with Gasteiger partial charge in [-0.3, -0.25) is 0 Å². The fourth-order valence-corrected chi connectivity index (χ4v) is 1.28. The topological polar surface area (TPSA) is 46.6 Å². The van der Waals surface area contributed by atoms with Gasteiger partial charge in [0, 0.05) is 0 Å². The van der Waals surface area contributed by atoms with Crippen LogP contribution in [0.2, 0.25) is 0 Å². The molecule has 0 aromatic carbocycles. The number of hydrogen-bond donors (Lipinski definition) is 1. The lowest BCUT2D eigenvalue weighted by atomic mass is 10.5. The standard InChI is InChI=1S/C4H8FNO3S/c5-6-1-2-9-3-4(6)10(7)8/h4,10H,1-3H2. The predicted octanol–water partition coefficient (Wildman–Crippen LogP) is -0.859. The molecule has 1 unspecified atom stereocenters. The Hall–Kier alpha value is -0.200. The summed E-state index contributed by atoms with van der Waals surface area (Å²) in [5, 5.41) is -0.793. The summed E-state index contributed by atoms with van der Waals surface area (Å²) in [5.74, 6) is 0. The molecule has 10 heavy (non-hydrogen) atoms. The van der Waals surface area contributed by atoms with E-state index in [9.17, 15) is 12.9 Å². The van der Waals surface area contributed by atoms with Gasteiger partial charge >= 0.3 is 0 Å². The molecule has 0 aliphatic carbocycles. The number of rotatable bonds is 1. The van der Waals surface area contributed by atoms with Crippen LogP contribution in [0.15, 0.2) is 0 Å². The van der Waals surface area contributed by atoms with E-state index in [1.165, 1.54) is 0 Å². The first kappa shape index (κ1) is 7.90. The van der Waals surface area contributed by atoms with Gasteiger partial charge in [0.05, 0.1) is 19.8 Å². The van der Waals surface area contributed by atoms with Crippen molar-refractivity contribution >= 4 is 10.7 Å². The summed E-state index contributed by atoms with van der Waals surface area (Å²) in [7, 11) is -2.73. The normalized spacial score (nSPS) is 29.2. The lowest BCUT2D eigenvalue weighted by Crippen LogP contribution is -2.40. The fraction of sp³-hybridized carbons (Fsp3) is 1.00. The van der Waals surface area contributed by atoms with Crippen LogP contribution in [-0.2, 0) is 15.4 Å². The Labute approximate surface area is 59.5 Å². The Kier molecular flexibility index (Phi) is 2.58. The maximum atomic E-state index is 12.5. The molecule has 0 aromatic heterocycles. The van der Waals surface area contributed by atoms with Gasteiger partial charge in [0.1, 0.15) is 0 Å². The molecule has 0 bridgehead atoms. The van der Waals surface area contributed by atoms with Crippen LogP contribution < -0.4 is 0 Å². The van der Waals surface area contributed by atoms with E-state index in [0.717, 1.165) is 0 Å². The molecule has 0 spiro atoms. The monoisotopic (exact) mass is 169 g/mol. The molecule has 1 heterocycles. The Morgan fingerprint density at radius 1 is 1.60 bits per heavy atom. The number of ether oxygens (including phenoxy) is 1. The second-order valence-electron chi connectivity index (χ2n) is 1.96. The largest absolute Gasteiger partial charge is 0.377 e. The van der Waals surface area contributed by atoms with Crippen molar-refractivity contribution in [1.82, 2.24) is 5.12 Å². The first-order valence-corrected chi connectivity index (χ1v) is 4.10. The van der Waals surface area contributed by atoms with Crippen LogP contribution in [0.1, 0.15) is 0 Å². The molecule has 6 heteroatoms. The molecule has 1 atom stereocenters. The quantitative estimate of drug-likeness (QED) is 0.410. The van der Waals surface area contributed by atoms with Crippen LogP contribution in [0.3, 0.4) is 0 Å². The summed E-state index contributed by atoms with van der Waals surface area (Å²) in [6.07, 6.45) is 0. The van der Waals surface area contributed by atoms with Gasteiger partial charge in [0.2, 0.25) is 0 Å². The zero-order valence-corrected chi connectivity index (χ0v) is 6.09. The summed E-state index contributed by atoms with van der Waals surface area (Å²) in [4.78, 5) is 0. The molecule has 0 amide bonds. The van der Waals surface area contributed by atoms with E-state index in [-0.39, 0.29) is 24.9 Å². The van der Waals surface area contributed by atoms with Crippen LogP contribution >= 0.6 is 0 Å². The molecule has 4 nitrogen and oxygen atoms in total. The van der Waals surface area contributed by atoms with Gasteiger partial charge in [-0.2, -0.15) is 0 Å². The number of hydrogen-bond acceptors (Lipinski definition) is 4. The number of nitrogens with zero attached hydrogens (tertiary/aromatic N) is 1. The second-order valence-corrected chi connectivity index (χ2v) is 3.13. The molecule has 1 rings (SSSR count). The maximum absolute atomic E-state index is 12.5. The van der Waals surface area contributed by atoms with Gasteiger partial charge in [-0.05, 0) is 0 Å². The van der Waals surface area contributed by atoms with E-state index in [1.807, 2.05) is 0 Å². The zero-order valence-electron chi connectivity index (χ0n) is 5.20. The highest BCUT2D eigenvalue weighted by molar-refractivity contribution is 7.73. The SMILES string of the molecule is O=[SH](=O)C1COCCN1F. The summed E-state index contributed by atoms with van der Waals surface area (Å²) in [5.41, 5.74) is 0. The van der Waals surface area contributed by atoms with E-state index in [4.69, 9.17) is 4.74 Å². The van der Waals surface area contributed by atoms with Crippen LogP contribution in [0, 0.1) is 0 Å². The molecule has 1 fully saturated rings. The Balaban J connectivity index is 2.56. The van der Waals surface area contributed by atoms with E-state index in [0.29, 0.717) is 0 Å². The van der Waals surface area contributed by atoms with Crippen LogP contribution in [-0.4, -0.2) is 38.7 Å². The predicted molar refractivity (Wildman–Crippen MR) is 32.7 cm³/mol. The fourth-order valence-electron chi connectivity index (χ4n) is 0.734. The molecule has 1 aliphatic rings. The van der Waals surface area contributed by atoms with Gasteiger partial charge < -0.3 is 4.74 Å². The smallest absolute Gasteiger partial charge is 0.162 e. The molecule has 60 valence electrons. The van der Waals surface area contributed by atoms with Crippen molar-refractivity contribution in [3.05, 3.63) is 0 Å². The molecular weight excluding hydrogens is 161 g/mol. The van der Waals surface area contributed by atoms with Gasteiger partial charge in [-0.15, -0.1) is 9.60 Å².